The molecule has 0 aliphatic heterocycles. The summed E-state index contributed by atoms with van der Waals surface area (Å²) in [6.45, 7) is 5.01. The Bertz CT molecular complexity index is 502. The predicted octanol–water partition coefficient (Wildman–Crippen LogP) is 2.24. The van der Waals surface area contributed by atoms with Crippen molar-refractivity contribution in [3.8, 4) is 0 Å². The number of halogens is 1. The van der Waals surface area contributed by atoms with Crippen LogP contribution in [0.1, 0.15) is 29.4 Å². The summed E-state index contributed by atoms with van der Waals surface area (Å²) in [6, 6.07) is 0.176. The third kappa shape index (κ3) is 2.96. The second-order valence-corrected chi connectivity index (χ2v) is 5.78. The fourth-order valence-electron chi connectivity index (χ4n) is 1.89. The molecule has 1 atom stereocenters. The highest BCUT2D eigenvalue weighted by Gasteiger charge is 2.20. The molecule has 98 valence electrons. The van der Waals surface area contributed by atoms with Crippen molar-refractivity contribution in [3.05, 3.63) is 26.4 Å². The van der Waals surface area contributed by atoms with Crippen LogP contribution in [0.3, 0.4) is 0 Å². The standard InChI is InChI=1S/C11H16BrN5S/c1-4-13-8(5-9-14-7(2)6-18-9)10-11(12)15-16-17(10)3/h6,8,13H,4-5H2,1-3H3. The van der Waals surface area contributed by atoms with Crippen LogP contribution in [0, 0.1) is 6.92 Å². The average Bonchev–Trinajstić information content (AvgIpc) is 2.86. The van der Waals surface area contributed by atoms with Gasteiger partial charge in [-0.05, 0) is 29.4 Å². The summed E-state index contributed by atoms with van der Waals surface area (Å²) in [6.07, 6.45) is 0.853. The lowest BCUT2D eigenvalue weighted by Gasteiger charge is -2.16. The molecular weight excluding hydrogens is 314 g/mol. The Hall–Kier alpha value is -0.790. The number of rotatable bonds is 5. The van der Waals surface area contributed by atoms with Crippen LogP contribution < -0.4 is 5.32 Å². The molecule has 0 aliphatic carbocycles. The van der Waals surface area contributed by atoms with Crippen LogP contribution in [0.15, 0.2) is 9.98 Å². The van der Waals surface area contributed by atoms with Crippen molar-refractivity contribution in [2.45, 2.75) is 26.3 Å². The third-order valence-corrected chi connectivity index (χ3v) is 4.21. The topological polar surface area (TPSA) is 55.6 Å². The summed E-state index contributed by atoms with van der Waals surface area (Å²) in [7, 11) is 1.91. The van der Waals surface area contributed by atoms with E-state index in [4.69, 9.17) is 0 Å². The lowest BCUT2D eigenvalue weighted by atomic mass is 10.1. The van der Waals surface area contributed by atoms with E-state index >= 15 is 0 Å². The SMILES string of the molecule is CCNC(Cc1nc(C)cs1)c1c(Br)nnn1C. The maximum atomic E-state index is 4.52. The maximum absolute atomic E-state index is 4.52. The molecule has 0 bridgehead atoms. The molecule has 0 saturated carbocycles. The van der Waals surface area contributed by atoms with Crippen LogP contribution in [0.2, 0.25) is 0 Å². The van der Waals surface area contributed by atoms with E-state index in [9.17, 15) is 0 Å². The predicted molar refractivity (Wildman–Crippen MR) is 75.7 cm³/mol. The minimum Gasteiger partial charge on any atom is -0.308 e. The lowest BCUT2D eigenvalue weighted by Crippen LogP contribution is -2.25. The normalized spacial score (nSPS) is 12.9. The van der Waals surface area contributed by atoms with E-state index in [-0.39, 0.29) is 6.04 Å². The molecule has 2 aromatic rings. The molecule has 18 heavy (non-hydrogen) atoms. The van der Waals surface area contributed by atoms with Crippen molar-refractivity contribution >= 4 is 27.3 Å². The van der Waals surface area contributed by atoms with Crippen molar-refractivity contribution in [1.29, 1.82) is 0 Å². The van der Waals surface area contributed by atoms with Crippen LogP contribution >= 0.6 is 27.3 Å². The van der Waals surface area contributed by atoms with Crippen molar-refractivity contribution in [1.82, 2.24) is 25.3 Å². The highest BCUT2D eigenvalue weighted by Crippen LogP contribution is 2.25. The summed E-state index contributed by atoms with van der Waals surface area (Å²) in [5.74, 6) is 0. The molecule has 0 saturated heterocycles. The van der Waals surface area contributed by atoms with Crippen molar-refractivity contribution in [2.24, 2.45) is 7.05 Å². The van der Waals surface area contributed by atoms with Crippen LogP contribution in [0.5, 0.6) is 0 Å². The largest absolute Gasteiger partial charge is 0.308 e. The van der Waals surface area contributed by atoms with E-state index in [0.29, 0.717) is 0 Å². The van der Waals surface area contributed by atoms with E-state index < -0.39 is 0 Å². The lowest BCUT2D eigenvalue weighted by molar-refractivity contribution is 0.504. The first-order chi connectivity index (χ1) is 8.61. The number of aryl methyl sites for hydroxylation is 2. The van der Waals surface area contributed by atoms with Crippen molar-refractivity contribution in [2.75, 3.05) is 6.54 Å². The van der Waals surface area contributed by atoms with E-state index in [0.717, 1.165) is 34.0 Å². The third-order valence-electron chi connectivity index (χ3n) is 2.65. The minimum atomic E-state index is 0.176. The molecule has 1 N–H and O–H groups in total. The summed E-state index contributed by atoms with van der Waals surface area (Å²) < 4.78 is 2.60. The van der Waals surface area contributed by atoms with Gasteiger partial charge in [0, 0.05) is 24.5 Å². The zero-order valence-electron chi connectivity index (χ0n) is 10.6. The van der Waals surface area contributed by atoms with Gasteiger partial charge in [0.25, 0.3) is 0 Å². The fourth-order valence-corrected chi connectivity index (χ4v) is 3.31. The van der Waals surface area contributed by atoms with Gasteiger partial charge in [0.15, 0.2) is 4.60 Å². The number of likely N-dealkylation sites (N-methyl/N-ethyl adjacent to an activating group) is 1. The number of hydrogen-bond acceptors (Lipinski definition) is 5. The van der Waals surface area contributed by atoms with E-state index in [1.807, 2.05) is 14.0 Å². The zero-order chi connectivity index (χ0) is 13.1. The van der Waals surface area contributed by atoms with Crippen LogP contribution in [0.25, 0.3) is 0 Å². The molecular formula is C11H16BrN5S. The van der Waals surface area contributed by atoms with Gasteiger partial charge in [-0.25, -0.2) is 9.67 Å². The monoisotopic (exact) mass is 329 g/mol. The molecule has 2 aromatic heterocycles. The Morgan fingerprint density at radius 3 is 2.83 bits per heavy atom. The molecule has 1 unspecified atom stereocenters. The van der Waals surface area contributed by atoms with Crippen LogP contribution in [-0.4, -0.2) is 26.5 Å². The summed E-state index contributed by atoms with van der Waals surface area (Å²) >= 11 is 5.15. The Balaban J connectivity index is 2.23. The average molecular weight is 330 g/mol. The number of thiazole rings is 1. The summed E-state index contributed by atoms with van der Waals surface area (Å²) in [5, 5.41) is 14.7. The zero-order valence-corrected chi connectivity index (χ0v) is 13.0. The van der Waals surface area contributed by atoms with Gasteiger partial charge in [0.05, 0.1) is 16.7 Å². The number of nitrogens with one attached hydrogen (secondary N) is 1. The Kier molecular flexibility index (Phi) is 4.47. The maximum Gasteiger partial charge on any atom is 0.153 e. The highest BCUT2D eigenvalue weighted by atomic mass is 79.9. The molecule has 7 heteroatoms. The Morgan fingerprint density at radius 1 is 1.56 bits per heavy atom. The molecule has 0 amide bonds. The smallest absolute Gasteiger partial charge is 0.153 e. The van der Waals surface area contributed by atoms with E-state index in [2.05, 4.69) is 48.8 Å². The first kappa shape index (κ1) is 13.6. The Labute approximate surface area is 119 Å². The second kappa shape index (κ2) is 5.90. The van der Waals surface area contributed by atoms with Crippen LogP contribution in [0.4, 0.5) is 0 Å². The first-order valence-corrected chi connectivity index (χ1v) is 7.48. The van der Waals surface area contributed by atoms with E-state index in [1.165, 1.54) is 0 Å². The molecule has 0 spiro atoms. The van der Waals surface area contributed by atoms with E-state index in [1.54, 1.807) is 16.0 Å². The van der Waals surface area contributed by atoms with Crippen molar-refractivity contribution in [3.63, 3.8) is 0 Å². The molecule has 2 heterocycles. The second-order valence-electron chi connectivity index (χ2n) is 4.09. The highest BCUT2D eigenvalue weighted by molar-refractivity contribution is 9.10. The van der Waals surface area contributed by atoms with Gasteiger partial charge in [-0.15, -0.1) is 16.4 Å². The number of hydrogen-bond donors (Lipinski definition) is 1. The first-order valence-electron chi connectivity index (χ1n) is 5.81. The summed E-state index contributed by atoms with van der Waals surface area (Å²) in [5.41, 5.74) is 2.14. The minimum absolute atomic E-state index is 0.176. The number of aromatic nitrogens is 4. The van der Waals surface area contributed by atoms with Gasteiger partial charge < -0.3 is 5.32 Å². The fraction of sp³-hybridized carbons (Fsp3) is 0.545. The summed E-state index contributed by atoms with van der Waals surface area (Å²) in [4.78, 5) is 4.52. The quantitative estimate of drug-likeness (QED) is 0.913. The molecule has 0 aromatic carbocycles. The van der Waals surface area contributed by atoms with Crippen molar-refractivity contribution < 1.29 is 0 Å². The number of nitrogens with zero attached hydrogens (tertiary/aromatic N) is 4. The molecule has 5 nitrogen and oxygen atoms in total. The van der Waals surface area contributed by atoms with Gasteiger partial charge in [-0.2, -0.15) is 0 Å². The molecule has 2 rings (SSSR count). The van der Waals surface area contributed by atoms with Gasteiger partial charge in [-0.3, -0.25) is 0 Å². The Morgan fingerprint density at radius 2 is 2.33 bits per heavy atom. The molecule has 0 fully saturated rings. The van der Waals surface area contributed by atoms with Gasteiger partial charge in [0.2, 0.25) is 0 Å². The molecule has 0 aliphatic rings. The van der Waals surface area contributed by atoms with Crippen LogP contribution in [-0.2, 0) is 13.5 Å². The van der Waals surface area contributed by atoms with Gasteiger partial charge in [0.1, 0.15) is 0 Å². The molecule has 0 radical (unpaired) electrons. The van der Waals surface area contributed by atoms with Gasteiger partial charge in [-0.1, -0.05) is 12.1 Å². The van der Waals surface area contributed by atoms with Gasteiger partial charge >= 0.3 is 0 Å².